The second kappa shape index (κ2) is 9.88. The van der Waals surface area contributed by atoms with Gasteiger partial charge in [-0.25, -0.2) is 9.78 Å². The third-order valence-corrected chi connectivity index (χ3v) is 9.76. The predicted octanol–water partition coefficient (Wildman–Crippen LogP) is 1.24. The number of nitrogens with zero attached hydrogens (tertiary/aromatic N) is 5. The Bertz CT molecular complexity index is 1180. The lowest BCUT2D eigenvalue weighted by Crippen LogP contribution is -2.71. The van der Waals surface area contributed by atoms with Crippen LogP contribution in [0.1, 0.15) is 10.7 Å². The van der Waals surface area contributed by atoms with Crippen molar-refractivity contribution >= 4 is 86.6 Å². The van der Waals surface area contributed by atoms with E-state index in [1.54, 1.807) is 0 Å². The van der Waals surface area contributed by atoms with Crippen molar-refractivity contribution < 1.29 is 24.7 Å². The second-order valence-electron chi connectivity index (χ2n) is 6.45. The summed E-state index contributed by atoms with van der Waals surface area (Å²) in [6.45, 7) is 1.85. The Labute approximate surface area is 207 Å². The number of nitrogens with two attached hydrogens (primary N) is 1. The van der Waals surface area contributed by atoms with Gasteiger partial charge >= 0.3 is 5.97 Å². The Kier molecular flexibility index (Phi) is 7.13. The lowest BCUT2D eigenvalue weighted by atomic mass is 10.0. The molecule has 2 aromatic rings. The van der Waals surface area contributed by atoms with Crippen LogP contribution in [0.2, 0.25) is 0 Å². The van der Waals surface area contributed by atoms with Crippen LogP contribution in [0.25, 0.3) is 0 Å². The zero-order valence-electron chi connectivity index (χ0n) is 16.6. The molecule has 0 spiro atoms. The quantitative estimate of drug-likeness (QED) is 0.0930. The van der Waals surface area contributed by atoms with Gasteiger partial charge in [0.2, 0.25) is 0 Å². The number of aromatic nitrogens is 3. The van der Waals surface area contributed by atoms with Gasteiger partial charge in [-0.1, -0.05) is 28.3 Å². The zero-order chi connectivity index (χ0) is 23.7. The fourth-order valence-corrected chi connectivity index (χ4v) is 8.36. The van der Waals surface area contributed by atoms with Gasteiger partial charge in [0.1, 0.15) is 27.8 Å². The minimum absolute atomic E-state index is 0.0744. The molecule has 174 valence electrons. The molecular formula is C16H15N7O5S5. The number of oxime groups is 1. The Balaban J connectivity index is 1.43. The third kappa shape index (κ3) is 4.81. The number of carboxylic acids is 1. The van der Waals surface area contributed by atoms with Gasteiger partial charge in [0, 0.05) is 16.0 Å². The molecule has 2 aliphatic rings. The van der Waals surface area contributed by atoms with Crippen molar-refractivity contribution in [1.29, 1.82) is 0 Å². The number of carboxylic acid groups (broad SMARTS) is 1. The topological polar surface area (TPSA) is 184 Å². The van der Waals surface area contributed by atoms with Crippen LogP contribution in [0.15, 0.2) is 25.5 Å². The van der Waals surface area contributed by atoms with Gasteiger partial charge in [-0.2, -0.15) is 0 Å². The number of nitrogens with one attached hydrogen (secondary N) is 1. The highest BCUT2D eigenvalue weighted by Gasteiger charge is 2.54. The number of aliphatic carboxylic acids is 1. The van der Waals surface area contributed by atoms with E-state index in [0.717, 1.165) is 20.7 Å². The summed E-state index contributed by atoms with van der Waals surface area (Å²) >= 11 is 6.63. The fraction of sp³-hybridized carbons (Fsp3) is 0.312. The Morgan fingerprint density at radius 3 is 2.79 bits per heavy atom. The van der Waals surface area contributed by atoms with E-state index in [0.29, 0.717) is 15.7 Å². The Morgan fingerprint density at radius 2 is 2.18 bits per heavy atom. The first-order valence-electron chi connectivity index (χ1n) is 9.01. The normalized spacial score (nSPS) is 20.5. The van der Waals surface area contributed by atoms with Crippen molar-refractivity contribution in [2.24, 2.45) is 5.16 Å². The number of rotatable bonds is 8. The Hall–Kier alpha value is -2.34. The molecule has 4 rings (SSSR count). The van der Waals surface area contributed by atoms with Crippen LogP contribution in [0.3, 0.4) is 0 Å². The number of thiazole rings is 1. The van der Waals surface area contributed by atoms with Gasteiger partial charge in [0.25, 0.3) is 11.8 Å². The van der Waals surface area contributed by atoms with E-state index in [1.165, 1.54) is 56.9 Å². The van der Waals surface area contributed by atoms with Crippen LogP contribution in [0, 0.1) is 6.92 Å². The van der Waals surface area contributed by atoms with Crippen LogP contribution in [-0.2, 0) is 14.4 Å². The van der Waals surface area contributed by atoms with Crippen LogP contribution in [-0.4, -0.2) is 76.1 Å². The number of aryl methyl sites for hydroxylation is 1. The molecule has 0 bridgehead atoms. The van der Waals surface area contributed by atoms with E-state index >= 15 is 0 Å². The van der Waals surface area contributed by atoms with Gasteiger partial charge in [-0.3, -0.25) is 14.5 Å². The van der Waals surface area contributed by atoms with Crippen molar-refractivity contribution in [3.8, 4) is 0 Å². The number of β-lactam (4-membered cyclic amide) rings is 1. The smallest absolute Gasteiger partial charge is 0.353 e. The predicted molar refractivity (Wildman–Crippen MR) is 127 cm³/mol. The molecule has 17 heteroatoms. The lowest BCUT2D eigenvalue weighted by Gasteiger charge is -2.49. The van der Waals surface area contributed by atoms with Crippen LogP contribution in [0.4, 0.5) is 5.13 Å². The average Bonchev–Trinajstić information content (AvgIpc) is 3.39. The summed E-state index contributed by atoms with van der Waals surface area (Å²) in [6.07, 6.45) is 0. The molecule has 5 N–H and O–H groups in total. The van der Waals surface area contributed by atoms with Crippen molar-refractivity contribution in [1.82, 2.24) is 25.4 Å². The second-order valence-corrected chi connectivity index (χ2v) is 12.3. The first-order chi connectivity index (χ1) is 15.8. The summed E-state index contributed by atoms with van der Waals surface area (Å²) in [7, 11) is 0. The van der Waals surface area contributed by atoms with Crippen molar-refractivity contribution in [3.63, 3.8) is 0 Å². The molecule has 12 nitrogen and oxygen atoms in total. The number of hydrogen-bond acceptors (Lipinski definition) is 14. The molecule has 2 aliphatic heterocycles. The summed E-state index contributed by atoms with van der Waals surface area (Å²) in [4.78, 5) is 42.9. The third-order valence-electron chi connectivity index (χ3n) is 4.43. The van der Waals surface area contributed by atoms with Crippen LogP contribution < -0.4 is 11.1 Å². The largest absolute Gasteiger partial charge is 0.477 e. The molecule has 0 aromatic carbocycles. The van der Waals surface area contributed by atoms with Crippen LogP contribution >= 0.6 is 58.0 Å². The summed E-state index contributed by atoms with van der Waals surface area (Å²) < 4.78 is 0.782. The maximum absolute atomic E-state index is 12.8. The number of carbonyl (C=O) groups is 3. The molecule has 0 saturated carbocycles. The van der Waals surface area contributed by atoms with Crippen molar-refractivity contribution in [3.05, 3.63) is 26.7 Å². The SMILES string of the molecule is Cc1nnc(SCSC2=C(C(=O)O)N3C(=O)[C@@H](NC(=O)/C(=N\O)c4csc(N)n4)[C@H]3SC2)s1. The number of hydrogen-bond donors (Lipinski definition) is 4. The lowest BCUT2D eigenvalue weighted by molar-refractivity contribution is -0.150. The molecule has 2 amide bonds. The maximum atomic E-state index is 12.8. The molecule has 0 radical (unpaired) electrons. The summed E-state index contributed by atoms with van der Waals surface area (Å²) in [5, 5.41) is 34.8. The highest BCUT2D eigenvalue weighted by atomic mass is 32.2. The van der Waals surface area contributed by atoms with E-state index in [4.69, 9.17) is 5.73 Å². The van der Waals surface area contributed by atoms with Crippen molar-refractivity contribution in [2.75, 3.05) is 16.6 Å². The van der Waals surface area contributed by atoms with Crippen LogP contribution in [0.5, 0.6) is 0 Å². The molecule has 0 aliphatic carbocycles. The molecule has 2 atom stereocenters. The van der Waals surface area contributed by atoms with Gasteiger partial charge in [0.15, 0.2) is 15.2 Å². The first kappa shape index (κ1) is 23.8. The summed E-state index contributed by atoms with van der Waals surface area (Å²) in [6, 6.07) is -0.963. The van der Waals surface area contributed by atoms with Gasteiger partial charge in [-0.15, -0.1) is 45.1 Å². The minimum atomic E-state index is -1.21. The van der Waals surface area contributed by atoms with E-state index < -0.39 is 29.2 Å². The fourth-order valence-electron chi connectivity index (χ4n) is 3.01. The van der Waals surface area contributed by atoms with E-state index in [-0.39, 0.29) is 22.2 Å². The highest BCUT2D eigenvalue weighted by Crippen LogP contribution is 2.44. The van der Waals surface area contributed by atoms with Gasteiger partial charge in [-0.05, 0) is 6.92 Å². The first-order valence-corrected chi connectivity index (χ1v) is 13.7. The van der Waals surface area contributed by atoms with E-state index in [9.17, 15) is 24.7 Å². The maximum Gasteiger partial charge on any atom is 0.353 e. The molecular weight excluding hydrogens is 531 g/mol. The number of anilines is 1. The number of thioether (sulfide) groups is 3. The number of nitrogen functional groups attached to an aromatic ring is 1. The van der Waals surface area contributed by atoms with Crippen molar-refractivity contribution in [2.45, 2.75) is 22.7 Å². The molecule has 0 unspecified atom stereocenters. The molecule has 2 aromatic heterocycles. The number of fused-ring (bicyclic) bond motifs is 1. The molecule has 1 fully saturated rings. The minimum Gasteiger partial charge on any atom is -0.477 e. The molecule has 33 heavy (non-hydrogen) atoms. The number of carbonyl (C=O) groups excluding carboxylic acids is 2. The van der Waals surface area contributed by atoms with Gasteiger partial charge in [0.05, 0.1) is 5.08 Å². The zero-order valence-corrected chi connectivity index (χ0v) is 20.7. The molecule has 1 saturated heterocycles. The summed E-state index contributed by atoms with van der Waals surface area (Å²) in [5.41, 5.74) is 5.15. The van der Waals surface area contributed by atoms with Gasteiger partial charge < -0.3 is 21.4 Å². The molecule has 4 heterocycles. The number of amides is 2. The standard InChI is InChI=1S/C16H15N7O5S5/c1-5-20-21-16(33-5)32-4-31-7-3-29-13-9(12(25)23(13)10(7)14(26)27)19-11(24)8(22-28)6-2-30-15(17)18-6/h2,9,13,28H,3-4H2,1H3,(H2,17,18)(H,19,24)(H,26,27)/b22-8-/t9-,13-/m1/s1. The monoisotopic (exact) mass is 545 g/mol. The average molecular weight is 546 g/mol. The summed E-state index contributed by atoms with van der Waals surface area (Å²) in [5.74, 6) is -2.22. The van der Waals surface area contributed by atoms with E-state index in [1.807, 2.05) is 6.92 Å². The highest BCUT2D eigenvalue weighted by molar-refractivity contribution is 8.18. The van der Waals surface area contributed by atoms with E-state index in [2.05, 4.69) is 25.7 Å². The Morgan fingerprint density at radius 1 is 1.39 bits per heavy atom.